The van der Waals surface area contributed by atoms with E-state index < -0.39 is 29.7 Å². The maximum absolute atomic E-state index is 13.0. The Balaban J connectivity index is 1.39. The number of carbonyl (C=O) groups is 5. The first kappa shape index (κ1) is 26.6. The van der Waals surface area contributed by atoms with Gasteiger partial charge in [-0.2, -0.15) is 0 Å². The Bertz CT molecular complexity index is 969. The van der Waals surface area contributed by atoms with Crippen molar-refractivity contribution in [2.45, 2.75) is 63.8 Å². The second-order valence-corrected chi connectivity index (χ2v) is 8.85. The maximum Gasteiger partial charge on any atom is 0.266 e. The standard InChI is InChI=1S/C24H31ClN4O6/c25-27-14-12-19(30)26-13-5-3-1-2-4-6-15-35-18-9-7-8-16-21(18)24(34)29(23(16)33)17-10-11-20(31)28-22(17)32/h7-9,17,27H,1-6,10-15H2,(H,26,30)(H,28,31,32). The summed E-state index contributed by atoms with van der Waals surface area (Å²) in [5, 5.41) is 5.04. The molecule has 0 aromatic heterocycles. The molecule has 1 fully saturated rings. The fraction of sp³-hybridized carbons (Fsp3) is 0.542. The molecule has 190 valence electrons. The molecule has 0 radical (unpaired) electrons. The first-order valence-corrected chi connectivity index (χ1v) is 12.4. The van der Waals surface area contributed by atoms with Crippen LogP contribution in [0.1, 0.15) is 78.5 Å². The summed E-state index contributed by atoms with van der Waals surface area (Å²) in [6.07, 6.45) is 6.33. The second kappa shape index (κ2) is 13.2. The first-order chi connectivity index (χ1) is 16.9. The molecule has 1 saturated heterocycles. The molecule has 0 bridgehead atoms. The number of imide groups is 2. The number of carbonyl (C=O) groups excluding carboxylic acids is 5. The zero-order valence-corrected chi connectivity index (χ0v) is 20.3. The van der Waals surface area contributed by atoms with Gasteiger partial charge in [-0.25, -0.2) is 4.84 Å². The average molecular weight is 507 g/mol. The van der Waals surface area contributed by atoms with Crippen molar-refractivity contribution in [2.75, 3.05) is 19.7 Å². The molecule has 35 heavy (non-hydrogen) atoms. The summed E-state index contributed by atoms with van der Waals surface area (Å²) in [5.41, 5.74) is 0.384. The van der Waals surface area contributed by atoms with Crippen molar-refractivity contribution in [2.24, 2.45) is 0 Å². The van der Waals surface area contributed by atoms with Crippen LogP contribution in [-0.4, -0.2) is 60.2 Å². The van der Waals surface area contributed by atoms with Gasteiger partial charge in [0.1, 0.15) is 11.8 Å². The van der Waals surface area contributed by atoms with Crippen LogP contribution in [0.4, 0.5) is 0 Å². The molecule has 3 N–H and O–H groups in total. The minimum Gasteiger partial charge on any atom is -0.493 e. The minimum atomic E-state index is -0.996. The van der Waals surface area contributed by atoms with Crippen LogP contribution in [0, 0.1) is 0 Å². The van der Waals surface area contributed by atoms with Gasteiger partial charge in [0.15, 0.2) is 0 Å². The Labute approximate surface area is 209 Å². The fourth-order valence-electron chi connectivity index (χ4n) is 4.20. The summed E-state index contributed by atoms with van der Waals surface area (Å²) in [6, 6.07) is 3.85. The third-order valence-corrected chi connectivity index (χ3v) is 6.22. The van der Waals surface area contributed by atoms with Gasteiger partial charge in [0.05, 0.1) is 17.7 Å². The van der Waals surface area contributed by atoms with E-state index in [1.807, 2.05) is 0 Å². The van der Waals surface area contributed by atoms with Gasteiger partial charge in [0.25, 0.3) is 11.8 Å². The van der Waals surface area contributed by atoms with Crippen molar-refractivity contribution >= 4 is 41.3 Å². The molecule has 2 heterocycles. The predicted molar refractivity (Wildman–Crippen MR) is 128 cm³/mol. The van der Waals surface area contributed by atoms with Gasteiger partial charge < -0.3 is 10.1 Å². The van der Waals surface area contributed by atoms with Gasteiger partial charge in [-0.15, -0.1) is 0 Å². The van der Waals surface area contributed by atoms with Crippen molar-refractivity contribution in [1.82, 2.24) is 20.4 Å². The summed E-state index contributed by atoms with van der Waals surface area (Å²) in [7, 11) is 0. The highest BCUT2D eigenvalue weighted by atomic mass is 35.5. The van der Waals surface area contributed by atoms with Gasteiger partial charge in [0, 0.05) is 25.9 Å². The molecule has 11 heteroatoms. The molecule has 3 rings (SSSR count). The topological polar surface area (TPSA) is 134 Å². The van der Waals surface area contributed by atoms with Gasteiger partial charge >= 0.3 is 0 Å². The second-order valence-electron chi connectivity index (χ2n) is 8.58. The van der Waals surface area contributed by atoms with Crippen LogP contribution in [0.2, 0.25) is 0 Å². The van der Waals surface area contributed by atoms with Gasteiger partial charge in [-0.05, 0) is 43.2 Å². The number of piperidine rings is 1. The van der Waals surface area contributed by atoms with E-state index in [4.69, 9.17) is 16.5 Å². The molecule has 1 atom stereocenters. The highest BCUT2D eigenvalue weighted by Crippen LogP contribution is 2.33. The van der Waals surface area contributed by atoms with E-state index in [9.17, 15) is 24.0 Å². The maximum atomic E-state index is 13.0. The molecule has 5 amide bonds. The van der Waals surface area contributed by atoms with E-state index in [0.717, 1.165) is 43.4 Å². The predicted octanol–water partition coefficient (Wildman–Crippen LogP) is 2.06. The van der Waals surface area contributed by atoms with Crippen LogP contribution in [0.15, 0.2) is 18.2 Å². The number of hydrogen-bond acceptors (Lipinski definition) is 7. The number of unbranched alkanes of at least 4 members (excludes halogenated alkanes) is 5. The van der Waals surface area contributed by atoms with Gasteiger partial charge in [-0.1, -0.05) is 31.7 Å². The Kier molecular flexibility index (Phi) is 10.0. The summed E-state index contributed by atoms with van der Waals surface area (Å²) in [6.45, 7) is 1.51. The molecule has 1 aromatic rings. The minimum absolute atomic E-state index is 0.0110. The lowest BCUT2D eigenvalue weighted by molar-refractivity contribution is -0.136. The average Bonchev–Trinajstić information content (AvgIpc) is 3.09. The molecule has 1 unspecified atom stereocenters. The van der Waals surface area contributed by atoms with Crippen molar-refractivity contribution in [3.8, 4) is 5.75 Å². The van der Waals surface area contributed by atoms with Crippen LogP contribution in [-0.2, 0) is 14.4 Å². The number of halogens is 1. The quantitative estimate of drug-likeness (QED) is 0.200. The normalized spacial score (nSPS) is 17.4. The number of nitrogens with zero attached hydrogens (tertiary/aromatic N) is 1. The molecular formula is C24H31ClN4O6. The zero-order valence-electron chi connectivity index (χ0n) is 19.6. The summed E-state index contributed by atoms with van der Waals surface area (Å²) in [5.74, 6) is -1.84. The largest absolute Gasteiger partial charge is 0.493 e. The third-order valence-electron chi connectivity index (χ3n) is 6.03. The van der Waals surface area contributed by atoms with Crippen LogP contribution < -0.4 is 20.2 Å². The molecule has 2 aliphatic rings. The molecule has 0 saturated carbocycles. The third kappa shape index (κ3) is 7.02. The molecule has 2 aliphatic heterocycles. The van der Waals surface area contributed by atoms with E-state index in [0.29, 0.717) is 31.9 Å². The van der Waals surface area contributed by atoms with Crippen LogP contribution in [0.3, 0.4) is 0 Å². The zero-order chi connectivity index (χ0) is 25.2. The summed E-state index contributed by atoms with van der Waals surface area (Å²) < 4.78 is 5.83. The van der Waals surface area contributed by atoms with E-state index in [1.165, 1.54) is 0 Å². The molecule has 10 nitrogen and oxygen atoms in total. The number of benzene rings is 1. The van der Waals surface area contributed by atoms with Crippen molar-refractivity contribution in [3.63, 3.8) is 0 Å². The van der Waals surface area contributed by atoms with E-state index >= 15 is 0 Å². The Morgan fingerprint density at radius 3 is 2.51 bits per heavy atom. The number of ether oxygens (including phenoxy) is 1. The van der Waals surface area contributed by atoms with Crippen molar-refractivity contribution < 1.29 is 28.7 Å². The summed E-state index contributed by atoms with van der Waals surface area (Å²) >= 11 is 5.32. The Hall–Kier alpha value is -2.98. The van der Waals surface area contributed by atoms with Gasteiger partial charge in [-0.3, -0.25) is 34.2 Å². The number of nitrogens with one attached hydrogen (secondary N) is 3. The lowest BCUT2D eigenvalue weighted by Gasteiger charge is -2.27. The smallest absolute Gasteiger partial charge is 0.266 e. The first-order valence-electron chi connectivity index (χ1n) is 12.0. The lowest BCUT2D eigenvalue weighted by atomic mass is 10.0. The Morgan fingerprint density at radius 2 is 1.77 bits per heavy atom. The monoisotopic (exact) mass is 506 g/mol. The van der Waals surface area contributed by atoms with Crippen LogP contribution in [0.5, 0.6) is 5.75 Å². The fourth-order valence-corrected chi connectivity index (χ4v) is 4.29. The molecular weight excluding hydrogens is 476 g/mol. The summed E-state index contributed by atoms with van der Waals surface area (Å²) in [4.78, 5) is 64.3. The lowest BCUT2D eigenvalue weighted by Crippen LogP contribution is -2.54. The molecule has 0 aliphatic carbocycles. The number of amides is 5. The van der Waals surface area contributed by atoms with E-state index in [2.05, 4.69) is 15.5 Å². The molecule has 0 spiro atoms. The van der Waals surface area contributed by atoms with Crippen LogP contribution in [0.25, 0.3) is 0 Å². The van der Waals surface area contributed by atoms with Crippen LogP contribution >= 0.6 is 11.8 Å². The van der Waals surface area contributed by atoms with Crippen molar-refractivity contribution in [3.05, 3.63) is 29.3 Å². The highest BCUT2D eigenvalue weighted by Gasteiger charge is 2.45. The molecule has 1 aromatic carbocycles. The van der Waals surface area contributed by atoms with Crippen molar-refractivity contribution in [1.29, 1.82) is 0 Å². The SMILES string of the molecule is O=C(CCNCl)NCCCCCCCCOc1cccc2c1C(=O)N(C1CCC(=O)NC1=O)C2=O. The van der Waals surface area contributed by atoms with E-state index in [1.54, 1.807) is 18.2 Å². The number of fused-ring (bicyclic) bond motifs is 1. The van der Waals surface area contributed by atoms with E-state index in [-0.39, 0.29) is 29.9 Å². The Morgan fingerprint density at radius 1 is 1.03 bits per heavy atom. The number of rotatable bonds is 14. The highest BCUT2D eigenvalue weighted by molar-refractivity contribution is 6.24. The van der Waals surface area contributed by atoms with Gasteiger partial charge in [0.2, 0.25) is 17.7 Å². The number of hydrogen-bond donors (Lipinski definition) is 3.